The molecule has 7 heteroatoms. The molecular weight excluding hydrogens is 532 g/mol. The maximum Gasteiger partial charge on any atom is 0.239 e. The summed E-state index contributed by atoms with van der Waals surface area (Å²) in [5, 5.41) is 3.56. The molecule has 1 aliphatic heterocycles. The number of ether oxygens (including phenoxy) is 1. The van der Waals surface area contributed by atoms with Gasteiger partial charge in [-0.05, 0) is 87.1 Å². The van der Waals surface area contributed by atoms with E-state index < -0.39 is 0 Å². The Bertz CT molecular complexity index is 1220. The highest BCUT2D eigenvalue weighted by molar-refractivity contribution is 5.82. The Kier molecular flexibility index (Phi) is 10.7. The quantitative estimate of drug-likeness (QED) is 0.338. The molecule has 0 aromatic heterocycles. The molecule has 0 unspecified atom stereocenters. The standard InChI is InChI=1S/C35H45F2N3O2/c1-25(2)23-32(38-24-26-7-6-8-31(18-9-26)42-35(3,4)5)34(41)40-21-19-39(20-22-40)33(27-10-14-29(36)15-11-27)28-12-16-30(37)17-13-28/h6,8-18,25,32-33,38H,7,19-24H2,1-5H3/t32-/m0/s1. The third-order valence-corrected chi connectivity index (χ3v) is 7.51. The second-order valence-electron chi connectivity index (χ2n) is 12.6. The lowest BCUT2D eigenvalue weighted by Gasteiger charge is -2.41. The number of benzene rings is 2. The van der Waals surface area contributed by atoms with E-state index >= 15 is 0 Å². The van der Waals surface area contributed by atoms with Gasteiger partial charge < -0.3 is 15.0 Å². The number of rotatable bonds is 10. The predicted octanol–water partition coefficient (Wildman–Crippen LogP) is 6.79. The molecular formula is C35H45F2N3O2. The second kappa shape index (κ2) is 14.3. The van der Waals surface area contributed by atoms with Gasteiger partial charge in [0.25, 0.3) is 0 Å². The first kappa shape index (κ1) is 31.6. The Hall–Kier alpha value is -3.29. The van der Waals surface area contributed by atoms with Crippen molar-refractivity contribution in [3.63, 3.8) is 0 Å². The van der Waals surface area contributed by atoms with Gasteiger partial charge in [0, 0.05) is 32.7 Å². The minimum Gasteiger partial charge on any atom is -0.488 e. The normalized spacial score (nSPS) is 17.2. The number of allylic oxidation sites excluding steroid dienone is 4. The van der Waals surface area contributed by atoms with Crippen LogP contribution in [0.5, 0.6) is 0 Å². The third kappa shape index (κ3) is 9.10. The van der Waals surface area contributed by atoms with E-state index in [1.807, 2.05) is 37.8 Å². The van der Waals surface area contributed by atoms with E-state index in [9.17, 15) is 13.6 Å². The van der Waals surface area contributed by atoms with Crippen LogP contribution in [-0.4, -0.2) is 60.1 Å². The average Bonchev–Trinajstić information content (AvgIpc) is 3.17. The number of amides is 1. The summed E-state index contributed by atoms with van der Waals surface area (Å²) < 4.78 is 33.4. The fourth-order valence-corrected chi connectivity index (χ4v) is 5.53. The lowest BCUT2D eigenvalue weighted by atomic mass is 9.96. The van der Waals surface area contributed by atoms with Gasteiger partial charge in [-0.3, -0.25) is 9.69 Å². The number of piperazine rings is 1. The van der Waals surface area contributed by atoms with Crippen molar-refractivity contribution in [1.82, 2.24) is 15.1 Å². The van der Waals surface area contributed by atoms with Crippen molar-refractivity contribution in [2.24, 2.45) is 5.92 Å². The molecule has 2 aromatic rings. The molecule has 1 amide bonds. The van der Waals surface area contributed by atoms with Crippen LogP contribution >= 0.6 is 0 Å². The maximum absolute atomic E-state index is 13.8. The van der Waals surface area contributed by atoms with Crippen LogP contribution in [0.1, 0.15) is 64.6 Å². The molecule has 1 atom stereocenters. The fraction of sp³-hybridized carbons (Fsp3) is 0.457. The number of hydrogen-bond donors (Lipinski definition) is 1. The zero-order valence-electron chi connectivity index (χ0n) is 25.6. The van der Waals surface area contributed by atoms with E-state index in [-0.39, 0.29) is 35.2 Å². The molecule has 0 bridgehead atoms. The molecule has 226 valence electrons. The van der Waals surface area contributed by atoms with Crippen LogP contribution in [0.3, 0.4) is 0 Å². The minimum absolute atomic E-state index is 0.125. The fourth-order valence-electron chi connectivity index (χ4n) is 5.53. The SMILES string of the molecule is CC(C)C[C@H](NCC1=CC=C(OC(C)(C)C)C=CC1)C(=O)N1CCN(C(c2ccc(F)cc2)c2ccc(F)cc2)CC1. The summed E-state index contributed by atoms with van der Waals surface area (Å²) in [5.74, 6) is 0.746. The van der Waals surface area contributed by atoms with Gasteiger partial charge >= 0.3 is 0 Å². The van der Waals surface area contributed by atoms with Gasteiger partial charge in [0.2, 0.25) is 5.91 Å². The van der Waals surface area contributed by atoms with Crippen LogP contribution in [0.15, 0.2) is 84.2 Å². The third-order valence-electron chi connectivity index (χ3n) is 7.51. The van der Waals surface area contributed by atoms with Crippen molar-refractivity contribution in [3.05, 3.63) is 107 Å². The summed E-state index contributed by atoms with van der Waals surface area (Å²) in [7, 11) is 0. The van der Waals surface area contributed by atoms with E-state index in [1.165, 1.54) is 29.8 Å². The molecule has 2 aliphatic rings. The summed E-state index contributed by atoms with van der Waals surface area (Å²) in [6, 6.07) is 12.6. The monoisotopic (exact) mass is 577 g/mol. The molecule has 1 saturated heterocycles. The number of carbonyl (C=O) groups is 1. The first-order chi connectivity index (χ1) is 20.0. The van der Waals surface area contributed by atoms with Gasteiger partial charge in [-0.1, -0.05) is 55.8 Å². The summed E-state index contributed by atoms with van der Waals surface area (Å²) in [4.78, 5) is 18.0. The zero-order chi connectivity index (χ0) is 30.3. The molecule has 4 rings (SSSR count). The van der Waals surface area contributed by atoms with Crippen LogP contribution < -0.4 is 5.32 Å². The highest BCUT2D eigenvalue weighted by Crippen LogP contribution is 2.30. The number of nitrogens with zero attached hydrogens (tertiary/aromatic N) is 2. The average molecular weight is 578 g/mol. The molecule has 0 radical (unpaired) electrons. The molecule has 0 saturated carbocycles. The van der Waals surface area contributed by atoms with E-state index in [0.717, 1.165) is 29.7 Å². The van der Waals surface area contributed by atoms with Crippen LogP contribution in [0.2, 0.25) is 0 Å². The van der Waals surface area contributed by atoms with Crippen molar-refractivity contribution in [2.45, 2.75) is 65.1 Å². The van der Waals surface area contributed by atoms with Crippen LogP contribution in [-0.2, 0) is 9.53 Å². The van der Waals surface area contributed by atoms with Gasteiger partial charge in [0.1, 0.15) is 23.0 Å². The Morgan fingerprint density at radius 2 is 1.48 bits per heavy atom. The minimum atomic E-state index is -0.291. The topological polar surface area (TPSA) is 44.8 Å². The van der Waals surface area contributed by atoms with E-state index in [0.29, 0.717) is 38.6 Å². The van der Waals surface area contributed by atoms with Crippen molar-refractivity contribution < 1.29 is 18.3 Å². The number of hydrogen-bond acceptors (Lipinski definition) is 4. The summed E-state index contributed by atoms with van der Waals surface area (Å²) in [6.45, 7) is 13.5. The molecule has 42 heavy (non-hydrogen) atoms. The summed E-state index contributed by atoms with van der Waals surface area (Å²) in [6.07, 6.45) is 9.77. The lowest BCUT2D eigenvalue weighted by molar-refractivity contribution is -0.135. The largest absolute Gasteiger partial charge is 0.488 e. The Labute approximate surface area is 249 Å². The molecule has 2 aromatic carbocycles. The molecule has 0 spiro atoms. The molecule has 1 N–H and O–H groups in total. The Morgan fingerprint density at radius 1 is 0.905 bits per heavy atom. The number of halogens is 2. The van der Waals surface area contributed by atoms with Crippen LogP contribution in [0.25, 0.3) is 0 Å². The first-order valence-electron chi connectivity index (χ1n) is 15.0. The van der Waals surface area contributed by atoms with Gasteiger partial charge in [-0.2, -0.15) is 0 Å². The molecule has 1 heterocycles. The second-order valence-corrected chi connectivity index (χ2v) is 12.6. The molecule has 1 aliphatic carbocycles. The highest BCUT2D eigenvalue weighted by Gasteiger charge is 2.31. The zero-order valence-corrected chi connectivity index (χ0v) is 25.6. The van der Waals surface area contributed by atoms with Crippen molar-refractivity contribution in [3.8, 4) is 0 Å². The molecule has 1 fully saturated rings. The van der Waals surface area contributed by atoms with E-state index in [4.69, 9.17) is 4.74 Å². The van der Waals surface area contributed by atoms with Crippen LogP contribution in [0, 0.1) is 17.6 Å². The van der Waals surface area contributed by atoms with Crippen molar-refractivity contribution in [1.29, 1.82) is 0 Å². The van der Waals surface area contributed by atoms with Crippen molar-refractivity contribution in [2.75, 3.05) is 32.7 Å². The highest BCUT2D eigenvalue weighted by atomic mass is 19.1. The van der Waals surface area contributed by atoms with Crippen molar-refractivity contribution >= 4 is 5.91 Å². The number of carbonyl (C=O) groups excluding carboxylic acids is 1. The summed E-state index contributed by atoms with van der Waals surface area (Å²) in [5.41, 5.74) is 2.83. The number of nitrogens with one attached hydrogen (secondary N) is 1. The van der Waals surface area contributed by atoms with Crippen LogP contribution in [0.4, 0.5) is 8.78 Å². The van der Waals surface area contributed by atoms with Gasteiger partial charge in [0.15, 0.2) is 0 Å². The van der Waals surface area contributed by atoms with E-state index in [2.05, 4.69) is 36.2 Å². The lowest BCUT2D eigenvalue weighted by Crippen LogP contribution is -2.55. The maximum atomic E-state index is 13.8. The van der Waals surface area contributed by atoms with E-state index in [1.54, 1.807) is 24.3 Å². The smallest absolute Gasteiger partial charge is 0.239 e. The van der Waals surface area contributed by atoms with Gasteiger partial charge in [-0.15, -0.1) is 0 Å². The first-order valence-corrected chi connectivity index (χ1v) is 15.0. The Morgan fingerprint density at radius 3 is 2.00 bits per heavy atom. The summed E-state index contributed by atoms with van der Waals surface area (Å²) >= 11 is 0. The van der Waals surface area contributed by atoms with Gasteiger partial charge in [0.05, 0.1) is 12.1 Å². The molecule has 5 nitrogen and oxygen atoms in total. The van der Waals surface area contributed by atoms with Gasteiger partial charge in [-0.25, -0.2) is 8.78 Å². The predicted molar refractivity (Wildman–Crippen MR) is 165 cm³/mol. The Balaban J connectivity index is 1.41.